The molecular weight excluding hydrogens is 625 g/mol. The Morgan fingerprint density at radius 1 is 0.891 bits per heavy atom. The number of sulfonamides is 1. The van der Waals surface area contributed by atoms with Crippen molar-refractivity contribution in [1.29, 1.82) is 0 Å². The number of aryl methyl sites for hydroxylation is 1. The van der Waals surface area contributed by atoms with E-state index in [2.05, 4.69) is 5.32 Å². The summed E-state index contributed by atoms with van der Waals surface area (Å²) in [5.74, 6) is -1.44. The molecule has 1 atom stereocenters. The number of nitrogens with zero attached hydrogens (tertiary/aromatic N) is 2. The van der Waals surface area contributed by atoms with Crippen molar-refractivity contribution in [3.05, 3.63) is 131 Å². The number of carbonyl (C=O) groups excluding carboxylic acids is 2. The first-order valence-electron chi connectivity index (χ1n) is 15.3. The number of amides is 2. The lowest BCUT2D eigenvalue weighted by Crippen LogP contribution is -2.54. The van der Waals surface area contributed by atoms with Crippen LogP contribution >= 0.6 is 11.6 Å². The summed E-state index contributed by atoms with van der Waals surface area (Å²) in [4.78, 5) is 30.0. The Kier molecular flexibility index (Phi) is 10.8. The fourth-order valence-corrected chi connectivity index (χ4v) is 7.35. The number of nitrogens with one attached hydrogen (secondary N) is 1. The zero-order chi connectivity index (χ0) is 32.7. The number of hydrogen-bond donors (Lipinski definition) is 1. The minimum atomic E-state index is -4.27. The summed E-state index contributed by atoms with van der Waals surface area (Å²) in [6.07, 6.45) is 3.97. The molecule has 5 rings (SSSR count). The van der Waals surface area contributed by atoms with E-state index in [0.29, 0.717) is 10.6 Å². The summed E-state index contributed by atoms with van der Waals surface area (Å²) >= 11 is 6.31. The molecule has 0 radical (unpaired) electrons. The molecule has 7 nitrogen and oxygen atoms in total. The normalized spacial score (nSPS) is 14.1. The SMILES string of the molecule is Cc1ccc(S(=O)(=O)N(CC(=O)N(Cc2cccc(Cl)c2)[C@@H](Cc2ccccc2)C(=O)NC2CCCC2)c2ccc(F)cc2)cc1. The monoisotopic (exact) mass is 661 g/mol. The molecule has 2 amide bonds. The van der Waals surface area contributed by atoms with Crippen LogP contribution in [0.5, 0.6) is 0 Å². The molecule has 0 bridgehead atoms. The summed E-state index contributed by atoms with van der Waals surface area (Å²) in [6, 6.07) is 26.7. The Balaban J connectivity index is 1.56. The minimum absolute atomic E-state index is 0.00604. The maximum Gasteiger partial charge on any atom is 0.264 e. The highest BCUT2D eigenvalue weighted by Crippen LogP contribution is 2.26. The van der Waals surface area contributed by atoms with Crippen LogP contribution in [0.4, 0.5) is 10.1 Å². The van der Waals surface area contributed by atoms with Gasteiger partial charge in [-0.05, 0) is 79.4 Å². The predicted molar refractivity (Wildman–Crippen MR) is 178 cm³/mol. The Labute approximate surface area is 275 Å². The summed E-state index contributed by atoms with van der Waals surface area (Å²) in [6.45, 7) is 1.23. The van der Waals surface area contributed by atoms with E-state index < -0.39 is 34.3 Å². The molecule has 0 unspecified atom stereocenters. The van der Waals surface area contributed by atoms with Crippen molar-refractivity contribution in [3.63, 3.8) is 0 Å². The van der Waals surface area contributed by atoms with Crippen LogP contribution in [-0.4, -0.2) is 43.8 Å². The van der Waals surface area contributed by atoms with Gasteiger partial charge in [0.05, 0.1) is 10.6 Å². The highest BCUT2D eigenvalue weighted by atomic mass is 35.5. The molecule has 46 heavy (non-hydrogen) atoms. The molecule has 0 aliphatic heterocycles. The average Bonchev–Trinajstić information content (AvgIpc) is 3.55. The zero-order valence-electron chi connectivity index (χ0n) is 25.6. The van der Waals surface area contributed by atoms with E-state index in [1.165, 1.54) is 29.2 Å². The van der Waals surface area contributed by atoms with Crippen molar-refractivity contribution < 1.29 is 22.4 Å². The van der Waals surface area contributed by atoms with E-state index in [4.69, 9.17) is 11.6 Å². The predicted octanol–water partition coefficient (Wildman–Crippen LogP) is 6.68. The number of hydrogen-bond acceptors (Lipinski definition) is 4. The highest BCUT2D eigenvalue weighted by Gasteiger charge is 2.35. The molecule has 0 aromatic heterocycles. The van der Waals surface area contributed by atoms with E-state index in [9.17, 15) is 22.4 Å². The second-order valence-electron chi connectivity index (χ2n) is 11.6. The van der Waals surface area contributed by atoms with Crippen molar-refractivity contribution in [2.45, 2.75) is 62.6 Å². The molecule has 1 aliphatic rings. The van der Waals surface area contributed by atoms with Gasteiger partial charge in [0.1, 0.15) is 18.4 Å². The van der Waals surface area contributed by atoms with Crippen LogP contribution in [0.25, 0.3) is 0 Å². The molecule has 1 N–H and O–H groups in total. The van der Waals surface area contributed by atoms with Gasteiger partial charge in [-0.1, -0.05) is 84.6 Å². The van der Waals surface area contributed by atoms with Gasteiger partial charge in [-0.2, -0.15) is 0 Å². The smallest absolute Gasteiger partial charge is 0.264 e. The molecule has 4 aromatic rings. The lowest BCUT2D eigenvalue weighted by molar-refractivity contribution is -0.140. The van der Waals surface area contributed by atoms with Gasteiger partial charge in [0.25, 0.3) is 10.0 Å². The van der Waals surface area contributed by atoms with Crippen LogP contribution in [-0.2, 0) is 32.6 Å². The number of rotatable bonds is 12. The summed E-state index contributed by atoms with van der Waals surface area (Å²) in [7, 11) is -4.27. The molecule has 0 spiro atoms. The second-order valence-corrected chi connectivity index (χ2v) is 13.9. The van der Waals surface area contributed by atoms with Gasteiger partial charge in [-0.3, -0.25) is 13.9 Å². The van der Waals surface area contributed by atoms with E-state index in [1.54, 1.807) is 36.4 Å². The lowest BCUT2D eigenvalue weighted by atomic mass is 10.0. The van der Waals surface area contributed by atoms with Crippen LogP contribution in [0, 0.1) is 12.7 Å². The fraction of sp³-hybridized carbons (Fsp3) is 0.278. The first kappa shape index (κ1) is 33.2. The molecule has 4 aromatic carbocycles. The van der Waals surface area contributed by atoms with Gasteiger partial charge in [0.15, 0.2) is 0 Å². The van der Waals surface area contributed by atoms with Crippen LogP contribution in [0.15, 0.2) is 108 Å². The molecule has 0 heterocycles. The van der Waals surface area contributed by atoms with Crippen LogP contribution in [0.2, 0.25) is 5.02 Å². The molecule has 1 saturated carbocycles. The lowest BCUT2D eigenvalue weighted by Gasteiger charge is -2.34. The maximum absolute atomic E-state index is 14.5. The molecule has 10 heteroatoms. The van der Waals surface area contributed by atoms with E-state index >= 15 is 0 Å². The first-order valence-corrected chi connectivity index (χ1v) is 17.1. The number of anilines is 1. The average molecular weight is 662 g/mol. The Hall–Kier alpha value is -4.21. The van der Waals surface area contributed by atoms with Gasteiger partial charge in [-0.15, -0.1) is 0 Å². The molecule has 0 saturated heterocycles. The summed E-state index contributed by atoms with van der Waals surface area (Å²) < 4.78 is 43.1. The fourth-order valence-electron chi connectivity index (χ4n) is 5.73. The third kappa shape index (κ3) is 8.33. The van der Waals surface area contributed by atoms with Gasteiger partial charge in [0, 0.05) is 24.0 Å². The molecule has 1 aliphatic carbocycles. The third-order valence-corrected chi connectivity index (χ3v) is 10.2. The first-order chi connectivity index (χ1) is 22.1. The second kappa shape index (κ2) is 14.9. The molecule has 240 valence electrons. The van der Waals surface area contributed by atoms with Gasteiger partial charge >= 0.3 is 0 Å². The van der Waals surface area contributed by atoms with Crippen molar-refractivity contribution in [3.8, 4) is 0 Å². The van der Waals surface area contributed by atoms with E-state index in [-0.39, 0.29) is 35.5 Å². The minimum Gasteiger partial charge on any atom is -0.352 e. The van der Waals surface area contributed by atoms with Crippen LogP contribution in [0.3, 0.4) is 0 Å². The maximum atomic E-state index is 14.5. The van der Waals surface area contributed by atoms with E-state index in [1.807, 2.05) is 37.3 Å². The van der Waals surface area contributed by atoms with Crippen molar-refractivity contribution in [2.24, 2.45) is 0 Å². The van der Waals surface area contributed by atoms with Gasteiger partial charge in [0.2, 0.25) is 11.8 Å². The van der Waals surface area contributed by atoms with Crippen molar-refractivity contribution in [1.82, 2.24) is 10.2 Å². The Morgan fingerprint density at radius 2 is 1.54 bits per heavy atom. The third-order valence-electron chi connectivity index (χ3n) is 8.22. The zero-order valence-corrected chi connectivity index (χ0v) is 27.2. The standard InChI is InChI=1S/C36H37ClFN3O4S/c1-26-14-20-33(21-15-26)46(44,45)41(32-18-16-30(38)17-19-32)25-35(42)40(24-28-10-7-11-29(37)22-28)34(23-27-8-3-2-4-9-27)36(43)39-31-12-5-6-13-31/h2-4,7-11,14-22,31,34H,5-6,12-13,23-25H2,1H3,(H,39,43)/t34-/m0/s1. The van der Waals surface area contributed by atoms with Crippen LogP contribution in [0.1, 0.15) is 42.4 Å². The Bertz CT molecular complexity index is 1750. The number of carbonyl (C=O) groups is 2. The largest absolute Gasteiger partial charge is 0.352 e. The van der Waals surface area contributed by atoms with Crippen molar-refractivity contribution >= 4 is 39.1 Å². The highest BCUT2D eigenvalue weighted by molar-refractivity contribution is 7.92. The van der Waals surface area contributed by atoms with E-state index in [0.717, 1.165) is 53.2 Å². The van der Waals surface area contributed by atoms with Gasteiger partial charge in [-0.25, -0.2) is 12.8 Å². The summed E-state index contributed by atoms with van der Waals surface area (Å²) in [5, 5.41) is 3.62. The summed E-state index contributed by atoms with van der Waals surface area (Å²) in [5.41, 5.74) is 2.52. The topological polar surface area (TPSA) is 86.8 Å². The quantitative estimate of drug-likeness (QED) is 0.184. The Morgan fingerprint density at radius 3 is 2.20 bits per heavy atom. The van der Waals surface area contributed by atoms with Crippen molar-refractivity contribution in [2.75, 3.05) is 10.8 Å². The molecular formula is C36H37ClFN3O4S. The molecule has 1 fully saturated rings. The number of benzene rings is 4. The van der Waals surface area contributed by atoms with Crippen LogP contribution < -0.4 is 9.62 Å². The number of halogens is 2. The van der Waals surface area contributed by atoms with Gasteiger partial charge < -0.3 is 10.2 Å².